The van der Waals surface area contributed by atoms with Crippen LogP contribution in [-0.2, 0) is 9.53 Å². The van der Waals surface area contributed by atoms with E-state index in [-0.39, 0.29) is 29.4 Å². The number of amides is 1. The summed E-state index contributed by atoms with van der Waals surface area (Å²) in [6.45, 7) is 8.78. The molecule has 1 aliphatic heterocycles. The van der Waals surface area contributed by atoms with Crippen molar-refractivity contribution in [3.05, 3.63) is 11.8 Å². The molecule has 134 valence electrons. The van der Waals surface area contributed by atoms with Crippen molar-refractivity contribution >= 4 is 5.91 Å². The van der Waals surface area contributed by atoms with Crippen LogP contribution < -0.4 is 5.32 Å². The van der Waals surface area contributed by atoms with Gasteiger partial charge in [0.25, 0.3) is 0 Å². The smallest absolute Gasteiger partial charge is 0.239 e. The molecule has 1 N–H and O–H groups in total. The molecule has 3 rings (SSSR count). The summed E-state index contributed by atoms with van der Waals surface area (Å²) >= 11 is 0. The van der Waals surface area contributed by atoms with E-state index in [1.165, 1.54) is 12.8 Å². The van der Waals surface area contributed by atoms with Gasteiger partial charge in [0.05, 0.1) is 12.0 Å². The third-order valence-corrected chi connectivity index (χ3v) is 5.21. The lowest BCUT2D eigenvalue weighted by molar-refractivity contribution is -0.120. The van der Waals surface area contributed by atoms with Crippen molar-refractivity contribution in [3.63, 3.8) is 0 Å². The fraction of sp³-hybridized carbons (Fsp3) is 0.833. The van der Waals surface area contributed by atoms with Crippen molar-refractivity contribution in [2.24, 2.45) is 11.3 Å². The van der Waals surface area contributed by atoms with Crippen LogP contribution in [0.5, 0.6) is 0 Å². The van der Waals surface area contributed by atoms with Crippen LogP contribution in [0, 0.1) is 11.3 Å². The lowest BCUT2D eigenvalue weighted by atomic mass is 9.81. The van der Waals surface area contributed by atoms with E-state index in [9.17, 15) is 4.79 Å². The van der Waals surface area contributed by atoms with Crippen LogP contribution >= 0.6 is 0 Å². The summed E-state index contributed by atoms with van der Waals surface area (Å²) in [5, 5.41) is 11.6. The number of rotatable bonds is 4. The SMILES string of the molecule is CC(=O)N[C@H](c1nnc([C@H]2CCO[C@@H]2C(C)(C)C)o1)C1CCCC1. The molecule has 6 nitrogen and oxygen atoms in total. The summed E-state index contributed by atoms with van der Waals surface area (Å²) in [5.41, 5.74) is 0.0261. The topological polar surface area (TPSA) is 77.2 Å². The molecule has 1 saturated carbocycles. The van der Waals surface area contributed by atoms with Gasteiger partial charge in [-0.1, -0.05) is 33.6 Å². The zero-order chi connectivity index (χ0) is 17.3. The maximum Gasteiger partial charge on any atom is 0.239 e. The van der Waals surface area contributed by atoms with E-state index >= 15 is 0 Å². The molecule has 0 spiro atoms. The van der Waals surface area contributed by atoms with Gasteiger partial charge in [0.15, 0.2) is 0 Å². The standard InChI is InChI=1S/C18H29N3O3/c1-11(22)19-14(12-7-5-6-8-12)17-21-20-16(24-17)13-9-10-23-15(13)18(2,3)4/h12-15H,5-10H2,1-4H3,(H,19,22)/t13-,14-,15-/m0/s1. The summed E-state index contributed by atoms with van der Waals surface area (Å²) in [6, 6.07) is -0.165. The van der Waals surface area contributed by atoms with Gasteiger partial charge in [0.2, 0.25) is 17.7 Å². The minimum absolute atomic E-state index is 0.0261. The zero-order valence-corrected chi connectivity index (χ0v) is 15.2. The van der Waals surface area contributed by atoms with Crippen LogP contribution in [-0.4, -0.2) is 28.8 Å². The Morgan fingerprint density at radius 2 is 1.92 bits per heavy atom. The van der Waals surface area contributed by atoms with Crippen LogP contribution in [0.2, 0.25) is 0 Å². The quantitative estimate of drug-likeness (QED) is 0.913. The zero-order valence-electron chi connectivity index (χ0n) is 15.2. The number of carbonyl (C=O) groups is 1. The molecule has 1 amide bonds. The average molecular weight is 335 g/mol. The van der Waals surface area contributed by atoms with Gasteiger partial charge in [-0.15, -0.1) is 10.2 Å². The molecule has 2 fully saturated rings. The predicted octanol–water partition coefficient (Wildman–Crippen LogP) is 3.36. The van der Waals surface area contributed by atoms with Gasteiger partial charge in [-0.05, 0) is 30.6 Å². The monoisotopic (exact) mass is 335 g/mol. The van der Waals surface area contributed by atoms with E-state index < -0.39 is 0 Å². The molecule has 1 aromatic rings. The van der Waals surface area contributed by atoms with E-state index in [0.717, 1.165) is 25.9 Å². The molecular weight excluding hydrogens is 306 g/mol. The first-order chi connectivity index (χ1) is 11.4. The van der Waals surface area contributed by atoms with Crippen molar-refractivity contribution in [2.75, 3.05) is 6.61 Å². The maximum absolute atomic E-state index is 11.6. The summed E-state index contributed by atoms with van der Waals surface area (Å²) in [4.78, 5) is 11.6. The number of nitrogens with one attached hydrogen (secondary N) is 1. The van der Waals surface area contributed by atoms with Gasteiger partial charge in [0, 0.05) is 13.5 Å². The van der Waals surface area contributed by atoms with Crippen LogP contribution in [0.25, 0.3) is 0 Å². The highest BCUT2D eigenvalue weighted by atomic mass is 16.5. The summed E-state index contributed by atoms with van der Waals surface area (Å²) in [6.07, 6.45) is 5.57. The van der Waals surface area contributed by atoms with E-state index in [0.29, 0.717) is 17.7 Å². The molecule has 2 heterocycles. The highest BCUT2D eigenvalue weighted by Crippen LogP contribution is 2.41. The third-order valence-electron chi connectivity index (χ3n) is 5.21. The molecule has 0 unspecified atom stereocenters. The molecule has 1 saturated heterocycles. The van der Waals surface area contributed by atoms with Crippen LogP contribution in [0.1, 0.15) is 83.5 Å². The van der Waals surface area contributed by atoms with Gasteiger partial charge >= 0.3 is 0 Å². The molecule has 6 heteroatoms. The average Bonchev–Trinajstić information content (AvgIpc) is 3.22. The molecule has 3 atom stereocenters. The minimum Gasteiger partial charge on any atom is -0.423 e. The highest BCUT2D eigenvalue weighted by molar-refractivity contribution is 5.73. The number of carbonyl (C=O) groups excluding carboxylic acids is 1. The number of hydrogen-bond acceptors (Lipinski definition) is 5. The van der Waals surface area contributed by atoms with E-state index in [2.05, 4.69) is 36.3 Å². The molecule has 1 aliphatic carbocycles. The molecule has 0 radical (unpaired) electrons. The normalized spacial score (nSPS) is 26.7. The Hall–Kier alpha value is -1.43. The van der Waals surface area contributed by atoms with Crippen molar-refractivity contribution in [1.29, 1.82) is 0 Å². The molecule has 0 bridgehead atoms. The Labute approximate surface area is 143 Å². The van der Waals surface area contributed by atoms with Gasteiger partial charge in [-0.2, -0.15) is 0 Å². The largest absolute Gasteiger partial charge is 0.423 e. The summed E-state index contributed by atoms with van der Waals surface area (Å²) < 4.78 is 12.0. The Balaban J connectivity index is 1.81. The molecule has 1 aromatic heterocycles. The second-order valence-electron chi connectivity index (χ2n) is 8.25. The van der Waals surface area contributed by atoms with Crippen LogP contribution in [0.3, 0.4) is 0 Å². The first-order valence-electron chi connectivity index (χ1n) is 9.08. The van der Waals surface area contributed by atoms with Crippen molar-refractivity contribution in [1.82, 2.24) is 15.5 Å². The Kier molecular flexibility index (Phi) is 4.95. The first kappa shape index (κ1) is 17.4. The number of hydrogen-bond donors (Lipinski definition) is 1. The molecule has 0 aromatic carbocycles. The van der Waals surface area contributed by atoms with Crippen LogP contribution in [0.4, 0.5) is 0 Å². The van der Waals surface area contributed by atoms with Crippen molar-refractivity contribution in [3.8, 4) is 0 Å². The molecular formula is C18H29N3O3. The first-order valence-corrected chi connectivity index (χ1v) is 9.08. The number of aromatic nitrogens is 2. The lowest BCUT2D eigenvalue weighted by Crippen LogP contribution is -2.31. The van der Waals surface area contributed by atoms with E-state index in [1.807, 2.05) is 0 Å². The Bertz CT molecular complexity index is 572. The second-order valence-corrected chi connectivity index (χ2v) is 8.25. The van der Waals surface area contributed by atoms with E-state index in [1.54, 1.807) is 6.92 Å². The van der Waals surface area contributed by atoms with Crippen molar-refractivity contribution < 1.29 is 13.9 Å². The summed E-state index contributed by atoms with van der Waals surface area (Å²) in [7, 11) is 0. The lowest BCUT2D eigenvalue weighted by Gasteiger charge is -2.29. The Morgan fingerprint density at radius 1 is 1.21 bits per heavy atom. The fourth-order valence-corrected chi connectivity index (χ4v) is 4.11. The molecule has 24 heavy (non-hydrogen) atoms. The number of nitrogens with zero attached hydrogens (tertiary/aromatic N) is 2. The van der Waals surface area contributed by atoms with E-state index in [4.69, 9.17) is 9.15 Å². The fourth-order valence-electron chi connectivity index (χ4n) is 4.11. The van der Waals surface area contributed by atoms with Crippen LogP contribution in [0.15, 0.2) is 4.42 Å². The number of ether oxygens (including phenoxy) is 1. The van der Waals surface area contributed by atoms with Crippen molar-refractivity contribution in [2.45, 2.75) is 77.9 Å². The maximum atomic E-state index is 11.6. The second kappa shape index (κ2) is 6.82. The Morgan fingerprint density at radius 3 is 2.54 bits per heavy atom. The van der Waals surface area contributed by atoms with Gasteiger partial charge < -0.3 is 14.5 Å². The summed E-state index contributed by atoms with van der Waals surface area (Å²) in [5.74, 6) is 1.67. The van der Waals surface area contributed by atoms with Gasteiger partial charge in [-0.25, -0.2) is 0 Å². The predicted molar refractivity (Wildman–Crippen MR) is 89.4 cm³/mol. The molecule has 2 aliphatic rings. The highest BCUT2D eigenvalue weighted by Gasteiger charge is 2.41. The van der Waals surface area contributed by atoms with Gasteiger partial charge in [-0.3, -0.25) is 4.79 Å². The van der Waals surface area contributed by atoms with Gasteiger partial charge in [0.1, 0.15) is 6.04 Å². The minimum atomic E-state index is -0.165. The third kappa shape index (κ3) is 3.63.